The van der Waals surface area contributed by atoms with Gasteiger partial charge in [0, 0.05) is 9.35 Å². The van der Waals surface area contributed by atoms with Gasteiger partial charge in [0.05, 0.1) is 11.4 Å². The minimum Gasteiger partial charge on any atom is -0.319 e. The van der Waals surface area contributed by atoms with Crippen LogP contribution in [0.5, 0.6) is 0 Å². The molecule has 0 aliphatic carbocycles. The van der Waals surface area contributed by atoms with Crippen LogP contribution >= 0.6 is 27.3 Å². The highest BCUT2D eigenvalue weighted by atomic mass is 79.9. The molecule has 1 atom stereocenters. The van der Waals surface area contributed by atoms with Gasteiger partial charge in [-0.05, 0) is 43.7 Å². The Labute approximate surface area is 151 Å². The van der Waals surface area contributed by atoms with Crippen molar-refractivity contribution in [2.24, 2.45) is 0 Å². The van der Waals surface area contributed by atoms with E-state index in [0.717, 1.165) is 14.2 Å². The Morgan fingerprint density at radius 2 is 2.04 bits per heavy atom. The molecule has 2 aromatic rings. The summed E-state index contributed by atoms with van der Waals surface area (Å²) in [6, 6.07) is 10.2. The van der Waals surface area contributed by atoms with Crippen molar-refractivity contribution in [2.45, 2.75) is 19.4 Å². The first-order valence-electron chi connectivity index (χ1n) is 7.31. The standard InChI is InChI=1S/C17H15BrN2O3S/c1-10-6-7-14(24-10)13(21)9-20-15(22)17(2,19-16(20)23)11-4-3-5-12(18)8-11/h3-8H,9H2,1-2H3,(H,19,23). The molecule has 1 unspecified atom stereocenters. The number of nitrogens with zero attached hydrogens (tertiary/aromatic N) is 1. The molecule has 3 rings (SSSR count). The molecule has 1 fully saturated rings. The van der Waals surface area contributed by atoms with Gasteiger partial charge in [-0.1, -0.05) is 28.1 Å². The number of aryl methyl sites for hydroxylation is 1. The number of rotatable bonds is 4. The molecule has 0 radical (unpaired) electrons. The van der Waals surface area contributed by atoms with E-state index in [4.69, 9.17) is 0 Å². The summed E-state index contributed by atoms with van der Waals surface area (Å²) in [6.45, 7) is 3.29. The van der Waals surface area contributed by atoms with E-state index in [1.165, 1.54) is 11.3 Å². The highest BCUT2D eigenvalue weighted by Crippen LogP contribution is 2.30. The highest BCUT2D eigenvalue weighted by Gasteiger charge is 2.49. The molecule has 0 saturated carbocycles. The number of hydrogen-bond acceptors (Lipinski definition) is 4. The second kappa shape index (κ2) is 6.14. The quantitative estimate of drug-likeness (QED) is 0.624. The van der Waals surface area contributed by atoms with Crippen LogP contribution in [0.25, 0.3) is 0 Å². The van der Waals surface area contributed by atoms with Crippen LogP contribution in [0, 0.1) is 6.92 Å². The number of urea groups is 1. The largest absolute Gasteiger partial charge is 0.325 e. The molecule has 1 aliphatic rings. The zero-order chi connectivity index (χ0) is 17.5. The van der Waals surface area contributed by atoms with Crippen LogP contribution < -0.4 is 5.32 Å². The molecule has 1 aliphatic heterocycles. The predicted molar refractivity (Wildman–Crippen MR) is 95.1 cm³/mol. The zero-order valence-corrected chi connectivity index (χ0v) is 15.5. The van der Waals surface area contributed by atoms with Crippen LogP contribution in [0.4, 0.5) is 4.79 Å². The Balaban J connectivity index is 1.85. The van der Waals surface area contributed by atoms with Crippen LogP contribution in [0.2, 0.25) is 0 Å². The Morgan fingerprint density at radius 3 is 2.67 bits per heavy atom. The van der Waals surface area contributed by atoms with Gasteiger partial charge in [-0.25, -0.2) is 4.79 Å². The van der Waals surface area contributed by atoms with Crippen molar-refractivity contribution in [2.75, 3.05) is 6.54 Å². The number of Topliss-reactive ketones (excluding diaryl/α,β-unsaturated/α-hetero) is 1. The molecule has 2 heterocycles. The lowest BCUT2D eigenvalue weighted by molar-refractivity contribution is -0.130. The number of carbonyl (C=O) groups is 3. The number of ketones is 1. The van der Waals surface area contributed by atoms with E-state index in [9.17, 15) is 14.4 Å². The Hall–Kier alpha value is -1.99. The molecule has 1 saturated heterocycles. The van der Waals surface area contributed by atoms with Crippen molar-refractivity contribution in [1.82, 2.24) is 10.2 Å². The summed E-state index contributed by atoms with van der Waals surface area (Å²) in [6.07, 6.45) is 0. The van der Waals surface area contributed by atoms with Crippen molar-refractivity contribution < 1.29 is 14.4 Å². The number of carbonyl (C=O) groups excluding carboxylic acids is 3. The lowest BCUT2D eigenvalue weighted by atomic mass is 9.92. The maximum Gasteiger partial charge on any atom is 0.325 e. The van der Waals surface area contributed by atoms with Gasteiger partial charge in [0.25, 0.3) is 5.91 Å². The first kappa shape index (κ1) is 16.9. The molecule has 0 spiro atoms. The fraction of sp³-hybridized carbons (Fsp3) is 0.235. The minimum absolute atomic E-state index is 0.241. The second-order valence-electron chi connectivity index (χ2n) is 5.79. The van der Waals surface area contributed by atoms with Gasteiger partial charge in [0.1, 0.15) is 5.54 Å². The summed E-state index contributed by atoms with van der Waals surface area (Å²) in [4.78, 5) is 39.9. The summed E-state index contributed by atoms with van der Waals surface area (Å²) in [5, 5.41) is 2.70. The summed E-state index contributed by atoms with van der Waals surface area (Å²) in [7, 11) is 0. The molecular weight excluding hydrogens is 392 g/mol. The smallest absolute Gasteiger partial charge is 0.319 e. The number of halogens is 1. The van der Waals surface area contributed by atoms with E-state index in [1.807, 2.05) is 19.1 Å². The number of hydrogen-bond donors (Lipinski definition) is 1. The maximum absolute atomic E-state index is 12.8. The Bertz CT molecular complexity index is 848. The number of benzene rings is 1. The predicted octanol–water partition coefficient (Wildman–Crippen LogP) is 3.47. The summed E-state index contributed by atoms with van der Waals surface area (Å²) >= 11 is 4.72. The Kier molecular flexibility index (Phi) is 4.31. The first-order valence-corrected chi connectivity index (χ1v) is 8.92. The van der Waals surface area contributed by atoms with E-state index in [0.29, 0.717) is 10.4 Å². The summed E-state index contributed by atoms with van der Waals surface area (Å²) < 4.78 is 0.812. The minimum atomic E-state index is -1.17. The molecule has 1 aromatic heterocycles. The molecule has 0 bridgehead atoms. The van der Waals surface area contributed by atoms with Crippen LogP contribution in [0.15, 0.2) is 40.9 Å². The van der Waals surface area contributed by atoms with E-state index in [2.05, 4.69) is 21.2 Å². The second-order valence-corrected chi connectivity index (χ2v) is 7.99. The third-order valence-electron chi connectivity index (χ3n) is 3.99. The zero-order valence-electron chi connectivity index (χ0n) is 13.1. The van der Waals surface area contributed by atoms with Gasteiger partial charge in [-0.15, -0.1) is 11.3 Å². The molecule has 3 amide bonds. The van der Waals surface area contributed by atoms with Crippen LogP contribution in [0.3, 0.4) is 0 Å². The fourth-order valence-electron chi connectivity index (χ4n) is 2.64. The monoisotopic (exact) mass is 406 g/mol. The highest BCUT2D eigenvalue weighted by molar-refractivity contribution is 9.10. The van der Waals surface area contributed by atoms with Crippen molar-refractivity contribution in [3.63, 3.8) is 0 Å². The van der Waals surface area contributed by atoms with Crippen LogP contribution in [-0.4, -0.2) is 29.2 Å². The van der Waals surface area contributed by atoms with Crippen molar-refractivity contribution >= 4 is 45.0 Å². The lowest BCUT2D eigenvalue weighted by Crippen LogP contribution is -2.41. The molecule has 1 N–H and O–H groups in total. The molecule has 5 nitrogen and oxygen atoms in total. The number of imide groups is 1. The van der Waals surface area contributed by atoms with Crippen molar-refractivity contribution in [3.05, 3.63) is 56.2 Å². The van der Waals surface area contributed by atoms with Gasteiger partial charge in [-0.3, -0.25) is 14.5 Å². The third-order valence-corrected chi connectivity index (χ3v) is 5.53. The molecule has 124 valence electrons. The topological polar surface area (TPSA) is 66.5 Å². The lowest BCUT2D eigenvalue weighted by Gasteiger charge is -2.22. The van der Waals surface area contributed by atoms with Gasteiger partial charge in [-0.2, -0.15) is 0 Å². The van der Waals surface area contributed by atoms with E-state index in [-0.39, 0.29) is 12.3 Å². The third kappa shape index (κ3) is 2.89. The van der Waals surface area contributed by atoms with Gasteiger partial charge >= 0.3 is 6.03 Å². The maximum atomic E-state index is 12.8. The van der Waals surface area contributed by atoms with E-state index in [1.54, 1.807) is 31.2 Å². The van der Waals surface area contributed by atoms with Crippen molar-refractivity contribution in [1.29, 1.82) is 0 Å². The van der Waals surface area contributed by atoms with Gasteiger partial charge in [0.2, 0.25) is 0 Å². The number of thiophene rings is 1. The Morgan fingerprint density at radius 1 is 1.29 bits per heavy atom. The van der Waals surface area contributed by atoms with Gasteiger partial charge < -0.3 is 5.32 Å². The summed E-state index contributed by atoms with van der Waals surface area (Å²) in [5.74, 6) is -0.665. The molecule has 1 aromatic carbocycles. The normalized spacial score (nSPS) is 20.4. The number of amides is 3. The van der Waals surface area contributed by atoms with Crippen molar-refractivity contribution in [3.8, 4) is 0 Å². The number of nitrogens with one attached hydrogen (secondary N) is 1. The van der Waals surface area contributed by atoms with E-state index >= 15 is 0 Å². The molecule has 7 heteroatoms. The first-order chi connectivity index (χ1) is 11.3. The summed E-state index contributed by atoms with van der Waals surface area (Å²) in [5.41, 5.74) is -0.510. The molecule has 24 heavy (non-hydrogen) atoms. The van der Waals surface area contributed by atoms with Crippen LogP contribution in [0.1, 0.15) is 27.0 Å². The van der Waals surface area contributed by atoms with Gasteiger partial charge in [0.15, 0.2) is 5.78 Å². The average molecular weight is 407 g/mol. The molecular formula is C17H15BrN2O3S. The SMILES string of the molecule is Cc1ccc(C(=O)CN2C(=O)NC(C)(c3cccc(Br)c3)C2=O)s1. The fourth-order valence-corrected chi connectivity index (χ4v) is 3.84. The van der Waals surface area contributed by atoms with Crippen LogP contribution in [-0.2, 0) is 10.3 Å². The van der Waals surface area contributed by atoms with E-state index < -0.39 is 17.5 Å². The average Bonchev–Trinajstić information content (AvgIpc) is 3.05.